The average Bonchev–Trinajstić information content (AvgIpc) is 2.90. The first kappa shape index (κ1) is 19.3. The molecule has 0 spiro atoms. The smallest absolute Gasteiger partial charge is 0.247 e. The summed E-state index contributed by atoms with van der Waals surface area (Å²) in [4.78, 5) is 4.62. The van der Waals surface area contributed by atoms with Crippen LogP contribution in [-0.2, 0) is 0 Å². The van der Waals surface area contributed by atoms with Crippen molar-refractivity contribution < 1.29 is 14.6 Å². The lowest BCUT2D eigenvalue weighted by Gasteiger charge is -2.20. The van der Waals surface area contributed by atoms with E-state index in [1.165, 1.54) is 7.11 Å². The van der Waals surface area contributed by atoms with Gasteiger partial charge in [-0.2, -0.15) is 4.98 Å². The van der Waals surface area contributed by atoms with Crippen LogP contribution >= 0.6 is 11.8 Å². The van der Waals surface area contributed by atoms with Gasteiger partial charge in [-0.1, -0.05) is 43.3 Å². The zero-order valence-electron chi connectivity index (χ0n) is 16.3. The third-order valence-electron chi connectivity index (χ3n) is 4.57. The normalized spacial score (nSPS) is 14.8. The summed E-state index contributed by atoms with van der Waals surface area (Å²) in [5.74, 6) is 1.80. The zero-order valence-corrected chi connectivity index (χ0v) is 17.1. The minimum Gasteiger partial charge on any atom is -0.504 e. The number of rotatable bonds is 6. The summed E-state index contributed by atoms with van der Waals surface area (Å²) in [5.41, 5.74) is 3.06. The minimum absolute atomic E-state index is 0.0461. The number of benzene rings is 2. The van der Waals surface area contributed by atoms with E-state index in [4.69, 9.17) is 9.47 Å². The molecule has 2 aromatic carbocycles. The molecule has 2 N–H and O–H groups in total. The highest BCUT2D eigenvalue weighted by Crippen LogP contribution is 2.40. The number of phenolic OH excluding ortho intramolecular Hbond substituents is 1. The Morgan fingerprint density at radius 2 is 2.07 bits per heavy atom. The van der Waals surface area contributed by atoms with Gasteiger partial charge in [-0.05, 0) is 30.7 Å². The second-order valence-corrected chi connectivity index (χ2v) is 7.63. The van der Waals surface area contributed by atoms with E-state index in [2.05, 4.69) is 27.4 Å². The van der Waals surface area contributed by atoms with E-state index >= 15 is 0 Å². The number of hydrogen-bond acceptors (Lipinski definition) is 8. The number of hydrogen-bond donors (Lipinski definition) is 2. The molecule has 1 unspecified atom stereocenters. The van der Waals surface area contributed by atoms with Crippen molar-refractivity contribution in [1.82, 2.24) is 15.2 Å². The average molecular weight is 410 g/mol. The van der Waals surface area contributed by atoms with E-state index in [1.807, 2.05) is 30.3 Å². The number of nitrogens with one attached hydrogen (secondary N) is 1. The Kier molecular flexibility index (Phi) is 5.71. The Bertz CT molecular complexity index is 1010. The maximum atomic E-state index is 10.2. The maximum absolute atomic E-state index is 10.2. The number of phenols is 1. The topological polar surface area (TPSA) is 89.4 Å². The summed E-state index contributed by atoms with van der Waals surface area (Å²) in [6.45, 7) is 2.15. The molecule has 0 fully saturated rings. The highest BCUT2D eigenvalue weighted by atomic mass is 32.2. The summed E-state index contributed by atoms with van der Waals surface area (Å²) in [6.07, 6.45) is 1.64. The number of para-hydroxylation sites is 1. The van der Waals surface area contributed by atoms with Crippen molar-refractivity contribution in [3.05, 3.63) is 48.0 Å². The molecule has 29 heavy (non-hydrogen) atoms. The van der Waals surface area contributed by atoms with Crippen LogP contribution in [0.1, 0.15) is 31.6 Å². The van der Waals surface area contributed by atoms with Crippen LogP contribution in [0.3, 0.4) is 0 Å². The molecule has 3 aromatic rings. The van der Waals surface area contributed by atoms with Crippen LogP contribution in [-0.4, -0.2) is 33.2 Å². The molecule has 0 bridgehead atoms. The van der Waals surface area contributed by atoms with Gasteiger partial charge in [0, 0.05) is 22.6 Å². The molecule has 7 nitrogen and oxygen atoms in total. The molecule has 1 aromatic heterocycles. The van der Waals surface area contributed by atoms with Gasteiger partial charge >= 0.3 is 0 Å². The van der Waals surface area contributed by atoms with E-state index in [9.17, 15) is 5.11 Å². The third kappa shape index (κ3) is 4.07. The number of anilines is 1. The Morgan fingerprint density at radius 3 is 2.86 bits per heavy atom. The molecule has 0 saturated carbocycles. The molecular weight excluding hydrogens is 388 g/mol. The summed E-state index contributed by atoms with van der Waals surface area (Å²) < 4.78 is 11.4. The molecule has 0 radical (unpaired) electrons. The second-order valence-electron chi connectivity index (χ2n) is 6.57. The molecule has 150 valence electrons. The fourth-order valence-corrected chi connectivity index (χ4v) is 3.90. The molecular formula is C21H22N4O3S. The first-order chi connectivity index (χ1) is 14.2. The number of fused-ring (bicyclic) bond motifs is 3. The van der Waals surface area contributed by atoms with Crippen LogP contribution in [0.15, 0.2) is 47.6 Å². The zero-order chi connectivity index (χ0) is 20.2. The van der Waals surface area contributed by atoms with Crippen molar-refractivity contribution in [3.63, 3.8) is 0 Å². The van der Waals surface area contributed by atoms with E-state index in [0.717, 1.165) is 35.4 Å². The quantitative estimate of drug-likeness (QED) is 0.448. The van der Waals surface area contributed by atoms with Gasteiger partial charge in [0.2, 0.25) is 11.0 Å². The number of methoxy groups -OCH3 is 1. The van der Waals surface area contributed by atoms with Crippen LogP contribution in [0.2, 0.25) is 0 Å². The van der Waals surface area contributed by atoms with Gasteiger partial charge in [0.05, 0.1) is 7.11 Å². The Balaban J connectivity index is 1.73. The summed E-state index contributed by atoms with van der Waals surface area (Å²) >= 11 is 1.57. The molecule has 1 atom stereocenters. The van der Waals surface area contributed by atoms with Gasteiger partial charge in [0.1, 0.15) is 0 Å². The van der Waals surface area contributed by atoms with E-state index < -0.39 is 6.23 Å². The van der Waals surface area contributed by atoms with Gasteiger partial charge in [-0.25, -0.2) is 0 Å². The van der Waals surface area contributed by atoms with Crippen molar-refractivity contribution in [3.8, 4) is 28.6 Å². The largest absolute Gasteiger partial charge is 0.504 e. The van der Waals surface area contributed by atoms with E-state index in [-0.39, 0.29) is 5.75 Å². The number of thioether (sulfide) groups is 1. The predicted molar refractivity (Wildman–Crippen MR) is 113 cm³/mol. The van der Waals surface area contributed by atoms with Gasteiger partial charge in [0.15, 0.2) is 23.4 Å². The molecule has 0 saturated heterocycles. The molecule has 4 rings (SSSR count). The number of nitrogens with zero attached hydrogens (tertiary/aromatic N) is 3. The van der Waals surface area contributed by atoms with Gasteiger partial charge < -0.3 is 19.9 Å². The lowest BCUT2D eigenvalue weighted by molar-refractivity contribution is 0.224. The molecule has 1 aliphatic heterocycles. The molecule has 1 aliphatic rings. The highest BCUT2D eigenvalue weighted by molar-refractivity contribution is 7.99. The SMILES string of the molecule is CCCCSc1nnc2c(n1)OC(c1ccc(OC)c(O)c1)Nc1ccccc1-2. The van der Waals surface area contributed by atoms with Crippen LogP contribution in [0, 0.1) is 0 Å². The number of unbranched alkanes of at least 4 members (excludes halogenated alkanes) is 1. The fourth-order valence-electron chi connectivity index (χ4n) is 3.04. The molecule has 0 amide bonds. The van der Waals surface area contributed by atoms with Crippen LogP contribution < -0.4 is 14.8 Å². The minimum atomic E-state index is -0.556. The lowest BCUT2D eigenvalue weighted by atomic mass is 10.1. The monoisotopic (exact) mass is 410 g/mol. The van der Waals surface area contributed by atoms with Gasteiger partial charge in [0.25, 0.3) is 0 Å². The van der Waals surface area contributed by atoms with Gasteiger partial charge in [-0.15, -0.1) is 10.2 Å². The fraction of sp³-hybridized carbons (Fsp3) is 0.286. The van der Waals surface area contributed by atoms with Crippen molar-refractivity contribution in [2.45, 2.75) is 31.1 Å². The molecule has 0 aliphatic carbocycles. The van der Waals surface area contributed by atoms with Gasteiger partial charge in [-0.3, -0.25) is 0 Å². The standard InChI is InChI=1S/C21H22N4O3S/c1-3-4-11-29-21-23-20-18(24-25-21)14-7-5-6-8-15(14)22-19(28-20)13-9-10-17(27-2)16(26)12-13/h5-10,12,19,22,26H,3-4,11H2,1-2H3. The Hall–Kier alpha value is -3.00. The predicted octanol–water partition coefficient (Wildman–Crippen LogP) is 4.65. The van der Waals surface area contributed by atoms with Crippen molar-refractivity contribution in [2.24, 2.45) is 0 Å². The van der Waals surface area contributed by atoms with Crippen LogP contribution in [0.25, 0.3) is 11.3 Å². The van der Waals surface area contributed by atoms with E-state index in [0.29, 0.717) is 22.5 Å². The summed E-state index contributed by atoms with van der Waals surface area (Å²) in [7, 11) is 1.52. The lowest BCUT2D eigenvalue weighted by Crippen LogP contribution is -2.17. The second kappa shape index (κ2) is 8.57. The highest BCUT2D eigenvalue weighted by Gasteiger charge is 2.26. The Labute approximate surface area is 173 Å². The first-order valence-corrected chi connectivity index (χ1v) is 10.4. The summed E-state index contributed by atoms with van der Waals surface area (Å²) in [6, 6.07) is 13.0. The van der Waals surface area contributed by atoms with Crippen molar-refractivity contribution in [1.29, 1.82) is 0 Å². The van der Waals surface area contributed by atoms with Crippen LogP contribution in [0.4, 0.5) is 5.69 Å². The Morgan fingerprint density at radius 1 is 1.21 bits per heavy atom. The molecule has 8 heteroatoms. The first-order valence-electron chi connectivity index (χ1n) is 9.46. The molecule has 2 heterocycles. The van der Waals surface area contributed by atoms with Crippen LogP contribution in [0.5, 0.6) is 17.4 Å². The maximum Gasteiger partial charge on any atom is 0.247 e. The summed E-state index contributed by atoms with van der Waals surface area (Å²) in [5, 5.41) is 22.8. The number of aromatic hydroxyl groups is 1. The number of ether oxygens (including phenoxy) is 2. The number of aromatic nitrogens is 3. The van der Waals surface area contributed by atoms with Crippen molar-refractivity contribution in [2.75, 3.05) is 18.2 Å². The van der Waals surface area contributed by atoms with Crippen molar-refractivity contribution >= 4 is 17.4 Å². The third-order valence-corrected chi connectivity index (χ3v) is 5.49. The van der Waals surface area contributed by atoms with E-state index in [1.54, 1.807) is 23.9 Å².